The van der Waals surface area contributed by atoms with Gasteiger partial charge in [-0.3, -0.25) is 15.5 Å². The summed E-state index contributed by atoms with van der Waals surface area (Å²) < 4.78 is 6.23. The minimum atomic E-state index is -0.515. The Morgan fingerprint density at radius 2 is 2.15 bits per heavy atom. The van der Waals surface area contributed by atoms with Gasteiger partial charge >= 0.3 is 0 Å². The number of nitro groups is 1. The first kappa shape index (κ1) is 14.6. The third-order valence-electron chi connectivity index (χ3n) is 2.19. The van der Waals surface area contributed by atoms with E-state index in [2.05, 4.69) is 47.3 Å². The summed E-state index contributed by atoms with van der Waals surface area (Å²) >= 11 is 6.36. The van der Waals surface area contributed by atoms with Crippen molar-refractivity contribution in [2.75, 3.05) is 5.43 Å². The molecule has 8 nitrogen and oxygen atoms in total. The summed E-state index contributed by atoms with van der Waals surface area (Å²) in [5, 5.41) is 10.9. The summed E-state index contributed by atoms with van der Waals surface area (Å²) in [6.07, 6.45) is 1.45. The number of nitrogen functional groups attached to an aromatic ring is 1. The molecule has 0 spiro atoms. The predicted molar refractivity (Wildman–Crippen MR) is 78.4 cm³/mol. The number of nitrogens with zero attached hydrogens (tertiary/aromatic N) is 3. The van der Waals surface area contributed by atoms with Crippen molar-refractivity contribution in [1.29, 1.82) is 0 Å². The molecule has 3 N–H and O–H groups in total. The van der Waals surface area contributed by atoms with Gasteiger partial charge in [-0.1, -0.05) is 6.07 Å². The number of ether oxygens (including phenoxy) is 1. The molecule has 0 aliphatic carbocycles. The van der Waals surface area contributed by atoms with E-state index in [1.54, 1.807) is 6.07 Å². The molecule has 0 fully saturated rings. The van der Waals surface area contributed by atoms with Crippen molar-refractivity contribution in [2.24, 2.45) is 5.84 Å². The number of hydrogen-bond donors (Lipinski definition) is 2. The smallest absolute Gasteiger partial charge is 0.287 e. The van der Waals surface area contributed by atoms with Crippen molar-refractivity contribution < 1.29 is 9.66 Å². The third kappa shape index (κ3) is 3.03. The maximum absolute atomic E-state index is 10.9. The Bertz CT molecular complexity index is 667. The molecule has 0 saturated carbocycles. The number of hydrogen-bond acceptors (Lipinski definition) is 7. The van der Waals surface area contributed by atoms with Crippen LogP contribution in [0.1, 0.15) is 0 Å². The van der Waals surface area contributed by atoms with Crippen LogP contribution in [0.4, 0.5) is 11.6 Å². The number of benzene rings is 1. The van der Waals surface area contributed by atoms with Crippen molar-refractivity contribution in [3.8, 4) is 11.6 Å². The Balaban J connectivity index is 2.40. The zero-order chi connectivity index (χ0) is 14.7. The van der Waals surface area contributed by atoms with E-state index < -0.39 is 4.92 Å². The minimum Gasteiger partial charge on any atom is -0.436 e. The summed E-state index contributed by atoms with van der Waals surface area (Å²) in [6, 6.07) is 4.44. The molecule has 0 unspecified atom stereocenters. The van der Waals surface area contributed by atoms with Crippen LogP contribution < -0.4 is 16.0 Å². The molecule has 20 heavy (non-hydrogen) atoms. The quantitative estimate of drug-likeness (QED) is 0.457. The normalized spacial score (nSPS) is 10.2. The van der Waals surface area contributed by atoms with Crippen molar-refractivity contribution in [1.82, 2.24) is 9.97 Å². The number of nitrogens with one attached hydrogen (secondary N) is 1. The fourth-order valence-corrected chi connectivity index (χ4v) is 2.08. The first-order valence-corrected chi connectivity index (χ1v) is 6.71. The van der Waals surface area contributed by atoms with Gasteiger partial charge < -0.3 is 4.74 Å². The van der Waals surface area contributed by atoms with Gasteiger partial charge in [-0.25, -0.2) is 10.8 Å². The number of nitro benzene ring substituents is 1. The van der Waals surface area contributed by atoms with E-state index in [1.165, 1.54) is 18.3 Å². The Kier molecular flexibility index (Phi) is 4.47. The molecule has 10 heteroatoms. The summed E-state index contributed by atoms with van der Waals surface area (Å²) in [5.74, 6) is 5.80. The average molecular weight is 405 g/mol. The number of hydrazine groups is 1. The van der Waals surface area contributed by atoms with Gasteiger partial charge in [-0.05, 0) is 37.9 Å². The molecular weight excluding hydrogens is 398 g/mol. The molecule has 0 saturated heterocycles. The highest BCUT2D eigenvalue weighted by molar-refractivity contribution is 9.11. The zero-order valence-electron chi connectivity index (χ0n) is 9.71. The Labute approximate surface area is 129 Å². The van der Waals surface area contributed by atoms with Crippen LogP contribution in [0.3, 0.4) is 0 Å². The van der Waals surface area contributed by atoms with Crippen LogP contribution in [-0.4, -0.2) is 14.9 Å². The topological polar surface area (TPSA) is 116 Å². The van der Waals surface area contributed by atoms with E-state index in [4.69, 9.17) is 10.6 Å². The van der Waals surface area contributed by atoms with Crippen LogP contribution in [0.2, 0.25) is 0 Å². The molecule has 0 aliphatic heterocycles. The summed E-state index contributed by atoms with van der Waals surface area (Å²) in [4.78, 5) is 18.2. The van der Waals surface area contributed by atoms with Gasteiger partial charge in [0.2, 0.25) is 11.8 Å². The number of aromatic nitrogens is 2. The summed E-state index contributed by atoms with van der Waals surface area (Å²) in [6.45, 7) is 0. The van der Waals surface area contributed by atoms with Gasteiger partial charge in [-0.2, -0.15) is 4.98 Å². The van der Waals surface area contributed by atoms with Gasteiger partial charge in [0.25, 0.3) is 5.69 Å². The Morgan fingerprint density at radius 3 is 2.80 bits per heavy atom. The largest absolute Gasteiger partial charge is 0.436 e. The SMILES string of the molecule is NNc1ncc(Br)c(Oc2cccc([N+](=O)[O-])c2Br)n1. The standard InChI is InChI=1S/C10H7Br2N5O3/c11-5-4-14-10(16-13)15-9(5)20-7-3-1-2-6(8(7)12)17(18)19/h1-4H,13H2,(H,14,15,16). The molecular formula is C10H7Br2N5O3. The second-order valence-electron chi connectivity index (χ2n) is 3.44. The lowest BCUT2D eigenvalue weighted by molar-refractivity contribution is -0.385. The van der Waals surface area contributed by atoms with E-state index in [1.807, 2.05) is 0 Å². The lowest BCUT2D eigenvalue weighted by atomic mass is 10.3. The Hall–Kier alpha value is -1.78. The second kappa shape index (κ2) is 6.11. The van der Waals surface area contributed by atoms with Gasteiger partial charge in [0.1, 0.15) is 4.47 Å². The van der Waals surface area contributed by atoms with Crippen molar-refractivity contribution in [3.63, 3.8) is 0 Å². The summed E-state index contributed by atoms with van der Waals surface area (Å²) in [5.41, 5.74) is 2.17. The monoisotopic (exact) mass is 403 g/mol. The lowest BCUT2D eigenvalue weighted by Crippen LogP contribution is -2.10. The summed E-state index contributed by atoms with van der Waals surface area (Å²) in [7, 11) is 0. The number of anilines is 1. The number of rotatable bonds is 4. The lowest BCUT2D eigenvalue weighted by Gasteiger charge is -2.09. The highest BCUT2D eigenvalue weighted by Crippen LogP contribution is 2.37. The molecule has 1 aromatic carbocycles. The highest BCUT2D eigenvalue weighted by atomic mass is 79.9. The van der Waals surface area contributed by atoms with E-state index in [0.717, 1.165) is 0 Å². The minimum absolute atomic E-state index is 0.107. The Morgan fingerprint density at radius 1 is 1.40 bits per heavy atom. The fraction of sp³-hybridized carbons (Fsp3) is 0. The van der Waals surface area contributed by atoms with Gasteiger partial charge in [0.05, 0.1) is 15.6 Å². The number of halogens is 2. The van der Waals surface area contributed by atoms with E-state index in [-0.39, 0.29) is 27.7 Å². The number of nitrogens with two attached hydrogens (primary N) is 1. The first-order valence-electron chi connectivity index (χ1n) is 5.13. The van der Waals surface area contributed by atoms with Gasteiger partial charge in [-0.15, -0.1) is 0 Å². The van der Waals surface area contributed by atoms with E-state index in [0.29, 0.717) is 4.47 Å². The van der Waals surface area contributed by atoms with Crippen LogP contribution in [0.15, 0.2) is 33.3 Å². The van der Waals surface area contributed by atoms with Crippen molar-refractivity contribution in [2.45, 2.75) is 0 Å². The molecule has 2 aromatic rings. The molecule has 104 valence electrons. The first-order chi connectivity index (χ1) is 9.52. The third-order valence-corrected chi connectivity index (χ3v) is 3.53. The molecule has 0 aliphatic rings. The second-order valence-corrected chi connectivity index (χ2v) is 5.09. The van der Waals surface area contributed by atoms with Gasteiger partial charge in [0.15, 0.2) is 5.75 Å². The molecule has 2 rings (SSSR count). The van der Waals surface area contributed by atoms with Crippen LogP contribution in [0.25, 0.3) is 0 Å². The fourth-order valence-electron chi connectivity index (χ4n) is 1.32. The molecule has 1 aromatic heterocycles. The molecule has 1 heterocycles. The molecule has 0 bridgehead atoms. The molecule has 0 atom stereocenters. The van der Waals surface area contributed by atoms with E-state index in [9.17, 15) is 10.1 Å². The van der Waals surface area contributed by atoms with Crippen LogP contribution in [0, 0.1) is 10.1 Å². The van der Waals surface area contributed by atoms with Crippen LogP contribution >= 0.6 is 31.9 Å². The van der Waals surface area contributed by atoms with Crippen LogP contribution in [-0.2, 0) is 0 Å². The molecule has 0 radical (unpaired) electrons. The molecule has 0 amide bonds. The maximum Gasteiger partial charge on any atom is 0.287 e. The van der Waals surface area contributed by atoms with E-state index >= 15 is 0 Å². The predicted octanol–water partition coefficient (Wildman–Crippen LogP) is 2.99. The van der Waals surface area contributed by atoms with Gasteiger partial charge in [0, 0.05) is 6.07 Å². The average Bonchev–Trinajstić information content (AvgIpc) is 2.43. The van der Waals surface area contributed by atoms with Crippen molar-refractivity contribution >= 4 is 43.5 Å². The maximum atomic E-state index is 10.9. The highest BCUT2D eigenvalue weighted by Gasteiger charge is 2.17. The van der Waals surface area contributed by atoms with Crippen molar-refractivity contribution in [3.05, 3.63) is 43.5 Å². The van der Waals surface area contributed by atoms with Crippen LogP contribution in [0.5, 0.6) is 11.6 Å². The zero-order valence-corrected chi connectivity index (χ0v) is 12.9.